The number of ketones is 1. The fourth-order valence-corrected chi connectivity index (χ4v) is 2.34. The molecule has 0 spiro atoms. The summed E-state index contributed by atoms with van der Waals surface area (Å²) in [4.78, 5) is 12.1. The van der Waals surface area contributed by atoms with Crippen molar-refractivity contribution in [3.8, 4) is 0 Å². The zero-order valence-corrected chi connectivity index (χ0v) is 13.4. The molecule has 1 aromatic heterocycles. The Hall–Kier alpha value is -2.03. The second-order valence-electron chi connectivity index (χ2n) is 4.90. The first kappa shape index (κ1) is 16.3. The van der Waals surface area contributed by atoms with Crippen molar-refractivity contribution in [3.63, 3.8) is 0 Å². The van der Waals surface area contributed by atoms with Crippen LogP contribution in [0.25, 0.3) is 17.0 Å². The number of carbonyl (C=O) groups excluding carboxylic acids is 1. The first-order chi connectivity index (χ1) is 10.1. The third-order valence-corrected chi connectivity index (χ3v) is 3.43. The zero-order chi connectivity index (χ0) is 14.8. The average molecular weight is 333 g/mol. The summed E-state index contributed by atoms with van der Waals surface area (Å²) in [5, 5.41) is 1.45. The van der Waals surface area contributed by atoms with Gasteiger partial charge in [-0.25, -0.2) is 0 Å². The normalized spacial score (nSPS) is 10.8. The molecule has 112 valence electrons. The molecule has 0 saturated carbocycles. The molecule has 0 atom stereocenters. The highest BCUT2D eigenvalue weighted by Crippen LogP contribution is 2.23. The van der Waals surface area contributed by atoms with E-state index in [4.69, 9.17) is 16.0 Å². The highest BCUT2D eigenvalue weighted by Gasteiger charge is 2.09. The Balaban J connectivity index is 0.00000176. The first-order valence-corrected chi connectivity index (χ1v) is 6.98. The van der Waals surface area contributed by atoms with Gasteiger partial charge in [-0.1, -0.05) is 47.5 Å². The molecular formula is C18H14Cl2O2. The van der Waals surface area contributed by atoms with Crippen LogP contribution in [0.4, 0.5) is 0 Å². The Kier molecular flexibility index (Phi) is 5.07. The summed E-state index contributed by atoms with van der Waals surface area (Å²) in [5.74, 6) is 0.153. The van der Waals surface area contributed by atoms with E-state index in [1.54, 1.807) is 30.3 Å². The molecule has 0 aliphatic heterocycles. The van der Waals surface area contributed by atoms with Gasteiger partial charge in [0.05, 0.1) is 0 Å². The number of carbonyl (C=O) groups is 1. The number of hydrogen-bond acceptors (Lipinski definition) is 2. The molecular weight excluding hydrogens is 319 g/mol. The Bertz CT molecular complexity index is 847. The third-order valence-electron chi connectivity index (χ3n) is 3.19. The van der Waals surface area contributed by atoms with Crippen LogP contribution >= 0.6 is 24.0 Å². The largest absolute Gasteiger partial charge is 0.453 e. The van der Waals surface area contributed by atoms with Crippen molar-refractivity contribution in [1.29, 1.82) is 0 Å². The van der Waals surface area contributed by atoms with Crippen LogP contribution in [-0.4, -0.2) is 5.78 Å². The number of aryl methyl sites for hydroxylation is 1. The molecule has 3 rings (SSSR count). The van der Waals surface area contributed by atoms with E-state index < -0.39 is 0 Å². The van der Waals surface area contributed by atoms with Crippen LogP contribution in [0.1, 0.15) is 21.7 Å². The van der Waals surface area contributed by atoms with Gasteiger partial charge in [0.15, 0.2) is 5.76 Å². The summed E-state index contributed by atoms with van der Waals surface area (Å²) in [7, 11) is 0. The molecule has 0 aliphatic rings. The number of hydrogen-bond donors (Lipinski definition) is 0. The van der Waals surface area contributed by atoms with E-state index in [2.05, 4.69) is 0 Å². The number of halogens is 2. The first-order valence-electron chi connectivity index (χ1n) is 6.60. The minimum atomic E-state index is -0.163. The van der Waals surface area contributed by atoms with Crippen LogP contribution in [0.5, 0.6) is 0 Å². The third kappa shape index (κ3) is 3.59. The van der Waals surface area contributed by atoms with Gasteiger partial charge in [0.1, 0.15) is 5.58 Å². The summed E-state index contributed by atoms with van der Waals surface area (Å²) < 4.78 is 5.54. The SMILES string of the molecule is Cc1cccc(/C=C/C(=O)c2cc3cc(Cl)ccc3o2)c1.Cl. The van der Waals surface area contributed by atoms with Gasteiger partial charge < -0.3 is 4.42 Å². The minimum Gasteiger partial charge on any atom is -0.453 e. The van der Waals surface area contributed by atoms with Crippen molar-refractivity contribution in [2.75, 3.05) is 0 Å². The lowest BCUT2D eigenvalue weighted by Crippen LogP contribution is -1.90. The van der Waals surface area contributed by atoms with Crippen molar-refractivity contribution in [1.82, 2.24) is 0 Å². The lowest BCUT2D eigenvalue weighted by atomic mass is 10.1. The predicted molar refractivity (Wildman–Crippen MR) is 93.0 cm³/mol. The van der Waals surface area contributed by atoms with Crippen LogP contribution < -0.4 is 0 Å². The van der Waals surface area contributed by atoms with E-state index in [1.165, 1.54) is 6.08 Å². The summed E-state index contributed by atoms with van der Waals surface area (Å²) >= 11 is 5.92. The van der Waals surface area contributed by atoms with Crippen molar-refractivity contribution in [3.05, 3.63) is 76.5 Å². The van der Waals surface area contributed by atoms with Crippen LogP contribution in [0.3, 0.4) is 0 Å². The standard InChI is InChI=1S/C18H13ClO2.ClH/c1-12-3-2-4-13(9-12)5-7-16(20)18-11-14-10-15(19)6-8-17(14)21-18;/h2-11H,1H3;1H/b7-5+;. The molecule has 0 amide bonds. The fourth-order valence-electron chi connectivity index (χ4n) is 2.16. The minimum absolute atomic E-state index is 0. The highest BCUT2D eigenvalue weighted by molar-refractivity contribution is 6.31. The summed E-state index contributed by atoms with van der Waals surface area (Å²) in [5.41, 5.74) is 2.80. The van der Waals surface area contributed by atoms with Gasteiger partial charge in [-0.15, -0.1) is 12.4 Å². The van der Waals surface area contributed by atoms with Crippen molar-refractivity contribution in [2.45, 2.75) is 6.92 Å². The summed E-state index contributed by atoms with van der Waals surface area (Å²) in [6, 6.07) is 14.9. The van der Waals surface area contributed by atoms with Gasteiger partial charge in [0.25, 0.3) is 0 Å². The maximum Gasteiger partial charge on any atom is 0.221 e. The van der Waals surface area contributed by atoms with E-state index in [1.807, 2.05) is 31.2 Å². The van der Waals surface area contributed by atoms with E-state index in [9.17, 15) is 4.79 Å². The van der Waals surface area contributed by atoms with E-state index in [-0.39, 0.29) is 18.2 Å². The number of benzene rings is 2. The van der Waals surface area contributed by atoms with Crippen molar-refractivity contribution >= 4 is 46.8 Å². The highest BCUT2D eigenvalue weighted by atomic mass is 35.5. The Morgan fingerprint density at radius 1 is 1.14 bits per heavy atom. The molecule has 22 heavy (non-hydrogen) atoms. The second-order valence-corrected chi connectivity index (χ2v) is 5.34. The molecule has 0 unspecified atom stereocenters. The Morgan fingerprint density at radius 3 is 2.73 bits per heavy atom. The maximum atomic E-state index is 12.1. The lowest BCUT2D eigenvalue weighted by molar-refractivity contribution is 0.102. The van der Waals surface area contributed by atoms with Gasteiger partial charge in [-0.3, -0.25) is 4.79 Å². The van der Waals surface area contributed by atoms with Crippen molar-refractivity contribution in [2.24, 2.45) is 0 Å². The zero-order valence-electron chi connectivity index (χ0n) is 11.9. The van der Waals surface area contributed by atoms with Crippen molar-refractivity contribution < 1.29 is 9.21 Å². The van der Waals surface area contributed by atoms with Gasteiger partial charge >= 0.3 is 0 Å². The molecule has 0 N–H and O–H groups in total. The fraction of sp³-hybridized carbons (Fsp3) is 0.0556. The maximum absolute atomic E-state index is 12.1. The molecule has 3 aromatic rings. The summed E-state index contributed by atoms with van der Waals surface area (Å²) in [6.45, 7) is 2.02. The number of furan rings is 1. The predicted octanol–water partition coefficient (Wildman–Crippen LogP) is 5.71. The number of rotatable bonds is 3. The van der Waals surface area contributed by atoms with E-state index >= 15 is 0 Å². The monoisotopic (exact) mass is 332 g/mol. The summed E-state index contributed by atoms with van der Waals surface area (Å²) in [6.07, 6.45) is 3.31. The van der Waals surface area contributed by atoms with Gasteiger partial charge in [0, 0.05) is 10.4 Å². The number of fused-ring (bicyclic) bond motifs is 1. The van der Waals surface area contributed by atoms with Crippen LogP contribution in [-0.2, 0) is 0 Å². The molecule has 4 heteroatoms. The van der Waals surface area contributed by atoms with Gasteiger partial charge in [0.2, 0.25) is 5.78 Å². The van der Waals surface area contributed by atoms with Crippen LogP contribution in [0, 0.1) is 6.92 Å². The number of allylic oxidation sites excluding steroid dienone is 1. The second kappa shape index (κ2) is 6.82. The molecule has 0 fully saturated rings. The molecule has 2 aromatic carbocycles. The molecule has 2 nitrogen and oxygen atoms in total. The molecule has 0 aliphatic carbocycles. The molecule has 0 saturated heterocycles. The lowest BCUT2D eigenvalue weighted by Gasteiger charge is -1.94. The Labute approximate surface area is 139 Å². The van der Waals surface area contributed by atoms with E-state index in [0.29, 0.717) is 16.4 Å². The molecule has 0 radical (unpaired) electrons. The quantitative estimate of drug-likeness (QED) is 0.454. The van der Waals surface area contributed by atoms with E-state index in [0.717, 1.165) is 16.5 Å². The molecule has 0 bridgehead atoms. The van der Waals surface area contributed by atoms with Gasteiger partial charge in [-0.2, -0.15) is 0 Å². The van der Waals surface area contributed by atoms with Gasteiger partial charge in [-0.05, 0) is 42.8 Å². The molecule has 1 heterocycles. The smallest absolute Gasteiger partial charge is 0.221 e. The average Bonchev–Trinajstić information content (AvgIpc) is 2.88. The van der Waals surface area contributed by atoms with Crippen LogP contribution in [0.2, 0.25) is 5.02 Å². The van der Waals surface area contributed by atoms with Crippen LogP contribution in [0.15, 0.2) is 59.0 Å². The topological polar surface area (TPSA) is 30.2 Å². The Morgan fingerprint density at radius 2 is 1.95 bits per heavy atom.